The van der Waals surface area contributed by atoms with Gasteiger partial charge in [0.05, 0.1) is 11.4 Å². The van der Waals surface area contributed by atoms with E-state index in [1.54, 1.807) is 12.1 Å². The van der Waals surface area contributed by atoms with Crippen molar-refractivity contribution in [1.29, 1.82) is 0 Å². The van der Waals surface area contributed by atoms with Gasteiger partial charge >= 0.3 is 5.97 Å². The zero-order chi connectivity index (χ0) is 12.5. The van der Waals surface area contributed by atoms with Gasteiger partial charge in [0.2, 0.25) is 0 Å². The van der Waals surface area contributed by atoms with Crippen LogP contribution in [0.1, 0.15) is 31.9 Å². The molecule has 0 bridgehead atoms. The van der Waals surface area contributed by atoms with E-state index in [1.165, 1.54) is 0 Å². The Morgan fingerprint density at radius 1 is 1.38 bits per heavy atom. The van der Waals surface area contributed by atoms with Crippen molar-refractivity contribution in [3.05, 3.63) is 28.3 Å². The highest BCUT2D eigenvalue weighted by molar-refractivity contribution is 6.32. The molecule has 16 heavy (non-hydrogen) atoms. The molecule has 1 aromatic rings. The summed E-state index contributed by atoms with van der Waals surface area (Å²) in [6, 6.07) is 3.36. The van der Waals surface area contributed by atoms with Crippen molar-refractivity contribution in [2.24, 2.45) is 0 Å². The molecule has 3 nitrogen and oxygen atoms in total. The average Bonchev–Trinajstić information content (AvgIpc) is 2.10. The zero-order valence-corrected chi connectivity index (χ0v) is 10.3. The van der Waals surface area contributed by atoms with E-state index in [-0.39, 0.29) is 22.6 Å². The first-order valence-electron chi connectivity index (χ1n) is 4.95. The standard InChI is InChI=1S/C12H15ClO3/c1-12(2,3)8-4-7(5-10(14)15)11(16)9(13)6-8/h4,6,16H,5H2,1-3H3,(H,14,15). The molecule has 88 valence electrons. The number of phenols is 1. The van der Waals surface area contributed by atoms with E-state index in [0.717, 1.165) is 5.56 Å². The van der Waals surface area contributed by atoms with Gasteiger partial charge in [-0.1, -0.05) is 38.4 Å². The Balaban J connectivity index is 3.27. The fourth-order valence-corrected chi connectivity index (χ4v) is 1.63. The first-order valence-corrected chi connectivity index (χ1v) is 5.33. The van der Waals surface area contributed by atoms with Crippen LogP contribution in [0.25, 0.3) is 0 Å². The average molecular weight is 243 g/mol. The van der Waals surface area contributed by atoms with Crippen LogP contribution in [0, 0.1) is 0 Å². The molecule has 4 heteroatoms. The molecule has 0 aliphatic rings. The molecule has 0 saturated heterocycles. The molecule has 0 aliphatic heterocycles. The highest BCUT2D eigenvalue weighted by atomic mass is 35.5. The van der Waals surface area contributed by atoms with Gasteiger partial charge in [-0.15, -0.1) is 0 Å². The molecule has 0 unspecified atom stereocenters. The van der Waals surface area contributed by atoms with Crippen molar-refractivity contribution < 1.29 is 15.0 Å². The summed E-state index contributed by atoms with van der Waals surface area (Å²) in [6.45, 7) is 6.00. The van der Waals surface area contributed by atoms with Gasteiger partial charge in [-0.2, -0.15) is 0 Å². The van der Waals surface area contributed by atoms with Crippen LogP contribution in [0.2, 0.25) is 5.02 Å². The Bertz CT molecular complexity index is 419. The second-order valence-corrected chi connectivity index (χ2v) is 5.19. The third-order valence-electron chi connectivity index (χ3n) is 2.35. The number of carboxylic acids is 1. The molecule has 0 atom stereocenters. The van der Waals surface area contributed by atoms with Crippen molar-refractivity contribution in [2.75, 3.05) is 0 Å². The normalized spacial score (nSPS) is 11.5. The first-order chi connectivity index (χ1) is 7.21. The van der Waals surface area contributed by atoms with Crippen molar-refractivity contribution in [3.8, 4) is 5.75 Å². The molecule has 0 spiro atoms. The lowest BCUT2D eigenvalue weighted by Crippen LogP contribution is -2.12. The number of rotatable bonds is 2. The summed E-state index contributed by atoms with van der Waals surface area (Å²) >= 11 is 5.87. The summed E-state index contributed by atoms with van der Waals surface area (Å²) in [5.41, 5.74) is 1.13. The predicted octanol–water partition coefficient (Wildman–Crippen LogP) is 2.97. The van der Waals surface area contributed by atoms with E-state index in [1.807, 2.05) is 20.8 Å². The van der Waals surface area contributed by atoms with Gasteiger partial charge in [-0.25, -0.2) is 0 Å². The van der Waals surface area contributed by atoms with Crippen molar-refractivity contribution in [3.63, 3.8) is 0 Å². The molecule has 0 aromatic heterocycles. The topological polar surface area (TPSA) is 57.5 Å². The minimum Gasteiger partial charge on any atom is -0.506 e. The highest BCUT2D eigenvalue weighted by Crippen LogP contribution is 2.34. The number of benzene rings is 1. The van der Waals surface area contributed by atoms with E-state index >= 15 is 0 Å². The second-order valence-electron chi connectivity index (χ2n) is 4.79. The second kappa shape index (κ2) is 4.34. The summed E-state index contributed by atoms with van der Waals surface area (Å²) in [5, 5.41) is 18.6. The molecule has 0 amide bonds. The number of carbonyl (C=O) groups is 1. The molecule has 2 N–H and O–H groups in total. The fraction of sp³-hybridized carbons (Fsp3) is 0.417. The van der Waals surface area contributed by atoms with E-state index in [9.17, 15) is 9.90 Å². The van der Waals surface area contributed by atoms with Crippen molar-refractivity contribution in [1.82, 2.24) is 0 Å². The summed E-state index contributed by atoms with van der Waals surface area (Å²) < 4.78 is 0. The third-order valence-corrected chi connectivity index (χ3v) is 2.64. The maximum atomic E-state index is 10.6. The molecular formula is C12H15ClO3. The smallest absolute Gasteiger partial charge is 0.307 e. The molecular weight excluding hydrogens is 228 g/mol. The Labute approximate surface area is 99.7 Å². The number of aromatic hydroxyl groups is 1. The Morgan fingerprint density at radius 3 is 2.38 bits per heavy atom. The van der Waals surface area contributed by atoms with Crippen LogP contribution in [-0.2, 0) is 16.6 Å². The van der Waals surface area contributed by atoms with Gasteiger partial charge in [-0.3, -0.25) is 4.79 Å². The maximum absolute atomic E-state index is 10.6. The summed E-state index contributed by atoms with van der Waals surface area (Å²) in [7, 11) is 0. The highest BCUT2D eigenvalue weighted by Gasteiger charge is 2.19. The van der Waals surface area contributed by atoms with Crippen LogP contribution < -0.4 is 0 Å². The molecule has 0 heterocycles. The van der Waals surface area contributed by atoms with Crippen LogP contribution >= 0.6 is 11.6 Å². The Hall–Kier alpha value is -1.22. The predicted molar refractivity (Wildman–Crippen MR) is 63.2 cm³/mol. The number of halogens is 1. The van der Waals surface area contributed by atoms with Gasteiger partial charge in [0.1, 0.15) is 5.75 Å². The van der Waals surface area contributed by atoms with Crippen LogP contribution in [0.15, 0.2) is 12.1 Å². The minimum atomic E-state index is -0.988. The minimum absolute atomic E-state index is 0.134. The largest absolute Gasteiger partial charge is 0.506 e. The first kappa shape index (κ1) is 12.8. The van der Waals surface area contributed by atoms with Crippen LogP contribution in [-0.4, -0.2) is 16.2 Å². The lowest BCUT2D eigenvalue weighted by atomic mass is 9.85. The van der Waals surface area contributed by atoms with E-state index in [2.05, 4.69) is 0 Å². The summed E-state index contributed by atoms with van der Waals surface area (Å²) in [6.07, 6.45) is -0.227. The maximum Gasteiger partial charge on any atom is 0.307 e. The van der Waals surface area contributed by atoms with Crippen LogP contribution in [0.4, 0.5) is 0 Å². The molecule has 0 fully saturated rings. The number of hydrogen-bond donors (Lipinski definition) is 2. The quantitative estimate of drug-likeness (QED) is 0.838. The summed E-state index contributed by atoms with van der Waals surface area (Å²) in [4.78, 5) is 10.6. The van der Waals surface area contributed by atoms with Gasteiger partial charge < -0.3 is 10.2 Å². The van der Waals surface area contributed by atoms with Crippen LogP contribution in [0.5, 0.6) is 5.75 Å². The number of hydrogen-bond acceptors (Lipinski definition) is 2. The molecule has 1 rings (SSSR count). The van der Waals surface area contributed by atoms with Gasteiger partial charge in [0, 0.05) is 5.56 Å². The molecule has 0 saturated carbocycles. The Kier molecular flexibility index (Phi) is 3.48. The number of phenolic OH excluding ortho intramolecular Hbond substituents is 1. The lowest BCUT2D eigenvalue weighted by molar-refractivity contribution is -0.136. The zero-order valence-electron chi connectivity index (χ0n) is 9.54. The monoisotopic (exact) mass is 242 g/mol. The molecule has 0 radical (unpaired) electrons. The molecule has 1 aromatic carbocycles. The summed E-state index contributed by atoms with van der Waals surface area (Å²) in [5.74, 6) is -1.13. The third kappa shape index (κ3) is 2.89. The Morgan fingerprint density at radius 2 is 1.94 bits per heavy atom. The van der Waals surface area contributed by atoms with Crippen LogP contribution in [0.3, 0.4) is 0 Å². The number of carboxylic acid groups (broad SMARTS) is 1. The van der Waals surface area contributed by atoms with Crippen molar-refractivity contribution >= 4 is 17.6 Å². The van der Waals surface area contributed by atoms with Gasteiger partial charge in [-0.05, 0) is 17.0 Å². The molecule has 0 aliphatic carbocycles. The van der Waals surface area contributed by atoms with E-state index < -0.39 is 5.97 Å². The lowest BCUT2D eigenvalue weighted by Gasteiger charge is -2.20. The van der Waals surface area contributed by atoms with Gasteiger partial charge in [0.15, 0.2) is 0 Å². The SMILES string of the molecule is CC(C)(C)c1cc(Cl)c(O)c(CC(=O)O)c1. The number of aliphatic carboxylic acids is 1. The van der Waals surface area contributed by atoms with Gasteiger partial charge in [0.25, 0.3) is 0 Å². The van der Waals surface area contributed by atoms with E-state index in [0.29, 0.717) is 5.56 Å². The van der Waals surface area contributed by atoms with E-state index in [4.69, 9.17) is 16.7 Å². The van der Waals surface area contributed by atoms with Crippen molar-refractivity contribution in [2.45, 2.75) is 32.6 Å². The fourth-order valence-electron chi connectivity index (χ4n) is 1.39.